The Morgan fingerprint density at radius 3 is 1.91 bits per heavy atom. The lowest BCUT2D eigenvalue weighted by Gasteiger charge is -2.09. The largest absolute Gasteiger partial charge is 0.337 e. The first kappa shape index (κ1) is 15.9. The summed E-state index contributed by atoms with van der Waals surface area (Å²) in [6, 6.07) is 12.1. The van der Waals surface area contributed by atoms with E-state index in [9.17, 15) is 0 Å². The normalized spacial score (nSPS) is 11.5. The molecule has 2 aromatic rings. The van der Waals surface area contributed by atoms with E-state index in [2.05, 4.69) is 17.1 Å². The Hall–Kier alpha value is -2.46. The van der Waals surface area contributed by atoms with Gasteiger partial charge in [0.1, 0.15) is 0 Å². The van der Waals surface area contributed by atoms with Crippen molar-refractivity contribution in [3.05, 3.63) is 64.2 Å². The molecule has 0 aliphatic rings. The molecule has 0 aliphatic heterocycles. The maximum Gasteiger partial charge on any atom is 0.171 e. The van der Waals surface area contributed by atoms with Crippen molar-refractivity contribution in [3.8, 4) is 5.75 Å². The van der Waals surface area contributed by atoms with Crippen LogP contribution < -0.4 is 4.89 Å². The second-order valence-electron chi connectivity index (χ2n) is 5.13. The molecule has 0 N–H and O–H groups in total. The number of rotatable bonds is 5. The van der Waals surface area contributed by atoms with Gasteiger partial charge in [-0.05, 0) is 55.2 Å². The first-order valence-electron chi connectivity index (χ1n) is 7.05. The van der Waals surface area contributed by atoms with Crippen molar-refractivity contribution < 1.29 is 9.78 Å². The van der Waals surface area contributed by atoms with Crippen LogP contribution in [0.5, 0.6) is 5.75 Å². The first-order chi connectivity index (χ1) is 10.6. The minimum absolute atomic E-state index is 0.739. The highest BCUT2D eigenvalue weighted by molar-refractivity contribution is 5.83. The summed E-state index contributed by atoms with van der Waals surface area (Å²) in [5, 5.41) is 8.16. The lowest BCUT2D eigenvalue weighted by Crippen LogP contribution is -1.97. The molecule has 2 rings (SSSR count). The average Bonchev–Trinajstić information content (AvgIpc) is 2.49. The molecule has 0 heterocycles. The number of hydrogen-bond acceptors (Lipinski definition) is 4. The fraction of sp³-hybridized carbons (Fsp3) is 0.222. The number of benzene rings is 2. The van der Waals surface area contributed by atoms with Crippen LogP contribution in [0.25, 0.3) is 0 Å². The summed E-state index contributed by atoms with van der Waals surface area (Å²) in [5.41, 5.74) is 5.21. The Bertz CT molecular complexity index is 666. The fourth-order valence-electron chi connectivity index (χ4n) is 2.13. The third kappa shape index (κ3) is 4.27. The molecule has 4 nitrogen and oxygen atoms in total. The van der Waals surface area contributed by atoms with Crippen molar-refractivity contribution >= 4 is 12.4 Å². The molecule has 0 bridgehead atoms. The molecule has 4 heteroatoms. The molecular weight excluding hydrogens is 276 g/mol. The van der Waals surface area contributed by atoms with Crippen molar-refractivity contribution in [2.45, 2.75) is 20.8 Å². The lowest BCUT2D eigenvalue weighted by atomic mass is 10.1. The van der Waals surface area contributed by atoms with Gasteiger partial charge in [-0.2, -0.15) is 15.1 Å². The second kappa shape index (κ2) is 7.52. The smallest absolute Gasteiger partial charge is 0.171 e. The van der Waals surface area contributed by atoms with Crippen LogP contribution in [-0.2, 0) is 4.89 Å². The van der Waals surface area contributed by atoms with E-state index in [1.54, 1.807) is 12.4 Å². The Morgan fingerprint density at radius 2 is 1.36 bits per heavy atom. The molecule has 2 aromatic carbocycles. The van der Waals surface area contributed by atoms with Gasteiger partial charge in [0.15, 0.2) is 5.75 Å². The van der Waals surface area contributed by atoms with Gasteiger partial charge in [-0.3, -0.25) is 0 Å². The predicted molar refractivity (Wildman–Crippen MR) is 89.9 cm³/mol. The van der Waals surface area contributed by atoms with Gasteiger partial charge in [-0.15, -0.1) is 0 Å². The van der Waals surface area contributed by atoms with Gasteiger partial charge in [0.2, 0.25) is 0 Å². The molecule has 0 unspecified atom stereocenters. The third-order valence-electron chi connectivity index (χ3n) is 3.21. The Morgan fingerprint density at radius 1 is 0.818 bits per heavy atom. The van der Waals surface area contributed by atoms with Crippen LogP contribution in [0.15, 0.2) is 46.6 Å². The monoisotopic (exact) mass is 296 g/mol. The number of nitrogens with zero attached hydrogens (tertiary/aromatic N) is 2. The van der Waals surface area contributed by atoms with Crippen LogP contribution in [0.4, 0.5) is 0 Å². The minimum Gasteiger partial charge on any atom is -0.337 e. The molecule has 0 saturated carbocycles. The molecule has 0 radical (unpaired) electrons. The summed E-state index contributed by atoms with van der Waals surface area (Å²) >= 11 is 0. The van der Waals surface area contributed by atoms with Gasteiger partial charge in [0.25, 0.3) is 0 Å². The molecule has 114 valence electrons. The summed E-state index contributed by atoms with van der Waals surface area (Å²) in [5.74, 6) is 0.739. The van der Waals surface area contributed by atoms with Gasteiger partial charge in [0, 0.05) is 0 Å². The van der Waals surface area contributed by atoms with Crippen molar-refractivity contribution in [3.63, 3.8) is 0 Å². The quantitative estimate of drug-likeness (QED) is 0.475. The van der Waals surface area contributed by atoms with Gasteiger partial charge < -0.3 is 4.89 Å². The summed E-state index contributed by atoms with van der Waals surface area (Å²) in [7, 11) is 1.49. The molecule has 0 atom stereocenters. The standard InChI is InChI=1S/C18H20N2O2/c1-13-5-7-16(8-6-13)11-19-20-12-17-9-14(2)18(22-21-4)15(3)10-17/h5-12H,1-4H3. The summed E-state index contributed by atoms with van der Waals surface area (Å²) in [4.78, 5) is 9.87. The molecule has 0 fully saturated rings. The summed E-state index contributed by atoms with van der Waals surface area (Å²) in [6.45, 7) is 5.99. The van der Waals surface area contributed by atoms with E-state index < -0.39 is 0 Å². The topological polar surface area (TPSA) is 43.2 Å². The maximum atomic E-state index is 5.14. The molecule has 0 aliphatic carbocycles. The molecule has 0 aromatic heterocycles. The van der Waals surface area contributed by atoms with E-state index in [-0.39, 0.29) is 0 Å². The lowest BCUT2D eigenvalue weighted by molar-refractivity contribution is -0.179. The SMILES string of the molecule is COOc1c(C)cc(C=NN=Cc2ccc(C)cc2)cc1C. The van der Waals surface area contributed by atoms with E-state index in [1.165, 1.54) is 12.7 Å². The van der Waals surface area contributed by atoms with Gasteiger partial charge in [-0.1, -0.05) is 29.8 Å². The van der Waals surface area contributed by atoms with Crippen LogP contribution in [0, 0.1) is 20.8 Å². The Balaban J connectivity index is 2.08. The van der Waals surface area contributed by atoms with Gasteiger partial charge >= 0.3 is 0 Å². The average molecular weight is 296 g/mol. The van der Waals surface area contributed by atoms with Crippen LogP contribution >= 0.6 is 0 Å². The Kier molecular flexibility index (Phi) is 5.44. The van der Waals surface area contributed by atoms with E-state index in [4.69, 9.17) is 9.78 Å². The zero-order chi connectivity index (χ0) is 15.9. The molecule has 0 saturated heterocycles. The van der Waals surface area contributed by atoms with Crippen molar-refractivity contribution in [2.24, 2.45) is 10.2 Å². The zero-order valence-corrected chi connectivity index (χ0v) is 13.3. The van der Waals surface area contributed by atoms with E-state index >= 15 is 0 Å². The second-order valence-corrected chi connectivity index (χ2v) is 5.13. The van der Waals surface area contributed by atoms with Crippen molar-refractivity contribution in [2.75, 3.05) is 7.11 Å². The van der Waals surface area contributed by atoms with Crippen molar-refractivity contribution in [1.82, 2.24) is 0 Å². The van der Waals surface area contributed by atoms with E-state index in [0.717, 1.165) is 28.0 Å². The van der Waals surface area contributed by atoms with Crippen LogP contribution in [-0.4, -0.2) is 19.5 Å². The van der Waals surface area contributed by atoms with Crippen LogP contribution in [0.2, 0.25) is 0 Å². The summed E-state index contributed by atoms with van der Waals surface area (Å²) < 4.78 is 0. The fourth-order valence-corrected chi connectivity index (χ4v) is 2.13. The van der Waals surface area contributed by atoms with E-state index in [1.807, 2.05) is 50.2 Å². The van der Waals surface area contributed by atoms with Crippen LogP contribution in [0.3, 0.4) is 0 Å². The molecule has 22 heavy (non-hydrogen) atoms. The third-order valence-corrected chi connectivity index (χ3v) is 3.21. The predicted octanol–water partition coefficient (Wildman–Crippen LogP) is 4.01. The number of hydrogen-bond donors (Lipinski definition) is 0. The van der Waals surface area contributed by atoms with Gasteiger partial charge in [0.05, 0.1) is 19.5 Å². The Labute approximate surface area is 131 Å². The molecule has 0 amide bonds. The molecular formula is C18H20N2O2. The summed E-state index contributed by atoms with van der Waals surface area (Å²) in [6.07, 6.45) is 3.46. The highest BCUT2D eigenvalue weighted by atomic mass is 17.2. The van der Waals surface area contributed by atoms with E-state index in [0.29, 0.717) is 0 Å². The first-order valence-corrected chi connectivity index (χ1v) is 7.05. The van der Waals surface area contributed by atoms with Crippen molar-refractivity contribution in [1.29, 1.82) is 0 Å². The zero-order valence-electron chi connectivity index (χ0n) is 13.3. The van der Waals surface area contributed by atoms with Crippen LogP contribution in [0.1, 0.15) is 27.8 Å². The van der Waals surface area contributed by atoms with Gasteiger partial charge in [-0.25, -0.2) is 0 Å². The number of aryl methyl sites for hydroxylation is 3. The minimum atomic E-state index is 0.739. The highest BCUT2D eigenvalue weighted by Crippen LogP contribution is 2.24. The maximum absolute atomic E-state index is 5.14. The molecule has 0 spiro atoms. The highest BCUT2D eigenvalue weighted by Gasteiger charge is 2.06.